The lowest BCUT2D eigenvalue weighted by Crippen LogP contribution is -2.10. The molecule has 0 atom stereocenters. The van der Waals surface area contributed by atoms with Gasteiger partial charge in [0.1, 0.15) is 11.2 Å². The molecule has 6 aromatic carbocycles. The standard InChI is InChI=1S/C36H22BrNO/c37-25-16-13-23(14-17-25)24-15-20-34-32(21-24)28-8-2-1-7-27(28)29-9-3-5-11-33(29)38(34)26-18-19-31-30-10-4-6-12-35(30)39-36(31)22-26/h1-22H. The number of rotatable bonds is 2. The molecule has 2 heterocycles. The highest BCUT2D eigenvalue weighted by molar-refractivity contribution is 9.10. The minimum absolute atomic E-state index is 0.890. The van der Waals surface area contributed by atoms with Crippen LogP contribution in [0.2, 0.25) is 0 Å². The van der Waals surface area contributed by atoms with Crippen molar-refractivity contribution < 1.29 is 4.42 Å². The monoisotopic (exact) mass is 563 g/mol. The number of hydrogen-bond donors (Lipinski definition) is 0. The van der Waals surface area contributed by atoms with E-state index in [0.717, 1.165) is 43.5 Å². The van der Waals surface area contributed by atoms with Gasteiger partial charge < -0.3 is 9.32 Å². The molecule has 7 aromatic rings. The summed E-state index contributed by atoms with van der Waals surface area (Å²) in [4.78, 5) is 2.38. The van der Waals surface area contributed by atoms with Crippen LogP contribution in [0.1, 0.15) is 0 Å². The van der Waals surface area contributed by atoms with Crippen molar-refractivity contribution in [2.24, 2.45) is 0 Å². The second-order valence-corrected chi connectivity index (χ2v) is 10.8. The van der Waals surface area contributed by atoms with E-state index < -0.39 is 0 Å². The van der Waals surface area contributed by atoms with Crippen molar-refractivity contribution in [2.75, 3.05) is 4.90 Å². The Morgan fingerprint density at radius 2 is 1.10 bits per heavy atom. The van der Waals surface area contributed by atoms with Gasteiger partial charge in [-0.05, 0) is 70.8 Å². The first-order valence-electron chi connectivity index (χ1n) is 13.0. The molecule has 1 aliphatic rings. The first kappa shape index (κ1) is 22.4. The predicted molar refractivity (Wildman–Crippen MR) is 166 cm³/mol. The molecule has 0 unspecified atom stereocenters. The largest absolute Gasteiger partial charge is 0.456 e. The van der Waals surface area contributed by atoms with Crippen molar-refractivity contribution in [1.29, 1.82) is 0 Å². The summed E-state index contributed by atoms with van der Waals surface area (Å²) in [6, 6.07) is 47.6. The lowest BCUT2D eigenvalue weighted by atomic mass is 9.92. The van der Waals surface area contributed by atoms with Gasteiger partial charge in [-0.2, -0.15) is 0 Å². The average molecular weight is 564 g/mol. The number of nitrogens with zero attached hydrogens (tertiary/aromatic N) is 1. The van der Waals surface area contributed by atoms with Gasteiger partial charge in [-0.15, -0.1) is 0 Å². The molecular formula is C36H22BrNO. The number of anilines is 3. The fourth-order valence-corrected chi connectivity index (χ4v) is 6.14. The predicted octanol–water partition coefficient (Wildman–Crippen LogP) is 11.1. The van der Waals surface area contributed by atoms with Crippen LogP contribution >= 0.6 is 15.9 Å². The van der Waals surface area contributed by atoms with Gasteiger partial charge in [0.25, 0.3) is 0 Å². The van der Waals surface area contributed by atoms with E-state index >= 15 is 0 Å². The van der Waals surface area contributed by atoms with Crippen LogP contribution in [0.3, 0.4) is 0 Å². The van der Waals surface area contributed by atoms with Crippen molar-refractivity contribution in [3.63, 3.8) is 0 Å². The fourth-order valence-electron chi connectivity index (χ4n) is 5.88. The molecular weight excluding hydrogens is 542 g/mol. The summed E-state index contributed by atoms with van der Waals surface area (Å²) in [5, 5.41) is 2.27. The number of furan rings is 1. The molecule has 184 valence electrons. The van der Waals surface area contributed by atoms with Crippen molar-refractivity contribution in [3.8, 4) is 33.4 Å². The van der Waals surface area contributed by atoms with E-state index in [1.807, 2.05) is 12.1 Å². The molecule has 8 rings (SSSR count). The molecule has 2 nitrogen and oxygen atoms in total. The van der Waals surface area contributed by atoms with Gasteiger partial charge in [0.15, 0.2) is 0 Å². The first-order chi connectivity index (χ1) is 19.2. The van der Waals surface area contributed by atoms with Crippen molar-refractivity contribution in [3.05, 3.63) is 138 Å². The van der Waals surface area contributed by atoms with Crippen molar-refractivity contribution in [2.45, 2.75) is 0 Å². The molecule has 1 aliphatic heterocycles. The van der Waals surface area contributed by atoms with Gasteiger partial charge in [0, 0.05) is 38.1 Å². The molecule has 0 bridgehead atoms. The number of fused-ring (bicyclic) bond motifs is 8. The normalized spacial score (nSPS) is 12.2. The Labute approximate surface area is 234 Å². The van der Waals surface area contributed by atoms with Gasteiger partial charge >= 0.3 is 0 Å². The Bertz CT molecular complexity index is 2040. The molecule has 1 aromatic heterocycles. The third-order valence-electron chi connectivity index (χ3n) is 7.69. The average Bonchev–Trinajstić information content (AvgIpc) is 3.30. The molecule has 0 fully saturated rings. The first-order valence-corrected chi connectivity index (χ1v) is 13.8. The van der Waals surface area contributed by atoms with Crippen molar-refractivity contribution in [1.82, 2.24) is 0 Å². The van der Waals surface area contributed by atoms with Crippen LogP contribution in [-0.2, 0) is 0 Å². The minimum atomic E-state index is 0.890. The molecule has 0 aliphatic carbocycles. The van der Waals surface area contributed by atoms with Crippen LogP contribution in [0.25, 0.3) is 55.3 Å². The van der Waals surface area contributed by atoms with E-state index in [4.69, 9.17) is 4.42 Å². The Morgan fingerprint density at radius 3 is 1.95 bits per heavy atom. The molecule has 0 amide bonds. The van der Waals surface area contributed by atoms with E-state index in [0.29, 0.717) is 0 Å². The number of hydrogen-bond acceptors (Lipinski definition) is 2. The highest BCUT2D eigenvalue weighted by atomic mass is 79.9. The maximum Gasteiger partial charge on any atom is 0.137 e. The number of benzene rings is 6. The zero-order valence-electron chi connectivity index (χ0n) is 20.9. The summed E-state index contributed by atoms with van der Waals surface area (Å²) in [5.74, 6) is 0. The zero-order chi connectivity index (χ0) is 25.9. The maximum absolute atomic E-state index is 6.31. The summed E-state index contributed by atoms with van der Waals surface area (Å²) in [7, 11) is 0. The van der Waals surface area contributed by atoms with E-state index in [1.54, 1.807) is 0 Å². The zero-order valence-corrected chi connectivity index (χ0v) is 22.5. The van der Waals surface area contributed by atoms with Gasteiger partial charge in [-0.3, -0.25) is 0 Å². The van der Waals surface area contributed by atoms with Crippen molar-refractivity contribution >= 4 is 54.9 Å². The second kappa shape index (κ2) is 8.72. The summed E-state index contributed by atoms with van der Waals surface area (Å²) in [5.41, 5.74) is 12.4. The Morgan fingerprint density at radius 1 is 0.462 bits per heavy atom. The number of halogens is 1. The molecule has 0 radical (unpaired) electrons. The molecule has 0 saturated carbocycles. The quantitative estimate of drug-likeness (QED) is 0.208. The van der Waals surface area contributed by atoms with Crippen LogP contribution in [0.4, 0.5) is 17.1 Å². The highest BCUT2D eigenvalue weighted by Gasteiger charge is 2.26. The molecule has 39 heavy (non-hydrogen) atoms. The molecule has 0 saturated heterocycles. The maximum atomic E-state index is 6.31. The van der Waals surface area contributed by atoms with Crippen LogP contribution < -0.4 is 4.90 Å². The summed E-state index contributed by atoms with van der Waals surface area (Å²) in [6.45, 7) is 0. The van der Waals surface area contributed by atoms with Crippen LogP contribution in [0, 0.1) is 0 Å². The Balaban J connectivity index is 1.41. The Hall–Kier alpha value is -4.60. The van der Waals surface area contributed by atoms with E-state index in [1.165, 1.54) is 33.4 Å². The van der Waals surface area contributed by atoms with Gasteiger partial charge in [0.05, 0.1) is 11.4 Å². The Kier molecular flexibility index (Phi) is 5.01. The highest BCUT2D eigenvalue weighted by Crippen LogP contribution is 2.51. The molecule has 0 spiro atoms. The van der Waals surface area contributed by atoms with Gasteiger partial charge in [0.2, 0.25) is 0 Å². The molecule has 0 N–H and O–H groups in total. The van der Waals surface area contributed by atoms with Gasteiger partial charge in [-0.25, -0.2) is 0 Å². The lowest BCUT2D eigenvalue weighted by molar-refractivity contribution is 0.669. The lowest BCUT2D eigenvalue weighted by Gasteiger charge is -2.27. The summed E-state index contributed by atoms with van der Waals surface area (Å²) >= 11 is 3.57. The fraction of sp³-hybridized carbons (Fsp3) is 0. The summed E-state index contributed by atoms with van der Waals surface area (Å²) in [6.07, 6.45) is 0. The number of para-hydroxylation sites is 2. The third kappa shape index (κ3) is 3.54. The SMILES string of the molecule is Brc1ccc(-c2ccc3c(c2)-c2ccccc2-c2ccccc2N3c2ccc3c(c2)oc2ccccc23)cc1. The molecule has 3 heteroatoms. The van der Waals surface area contributed by atoms with Gasteiger partial charge in [-0.1, -0.05) is 94.8 Å². The summed E-state index contributed by atoms with van der Waals surface area (Å²) < 4.78 is 7.39. The van der Waals surface area contributed by atoms with E-state index in [9.17, 15) is 0 Å². The third-order valence-corrected chi connectivity index (χ3v) is 8.22. The van der Waals surface area contributed by atoms with Crippen LogP contribution in [0.15, 0.2) is 142 Å². The van der Waals surface area contributed by atoms with E-state index in [-0.39, 0.29) is 0 Å². The van der Waals surface area contributed by atoms with Crippen LogP contribution in [0.5, 0.6) is 0 Å². The smallest absolute Gasteiger partial charge is 0.137 e. The topological polar surface area (TPSA) is 16.4 Å². The van der Waals surface area contributed by atoms with Crippen LogP contribution in [-0.4, -0.2) is 0 Å². The van der Waals surface area contributed by atoms with E-state index in [2.05, 4.69) is 142 Å². The minimum Gasteiger partial charge on any atom is -0.456 e. The second-order valence-electron chi connectivity index (χ2n) is 9.92.